The standard InChI is InChI=1S/C16H17NO2/c18-16(19-12-6-2-1-3-7-12)14-10-11-17-15-9-5-4-8-13(14)15/h4-5,8-12H,1-3,6-7H2. The van der Waals surface area contributed by atoms with Crippen molar-refractivity contribution < 1.29 is 9.53 Å². The molecule has 3 rings (SSSR count). The third-order valence-corrected chi connectivity index (χ3v) is 3.69. The molecule has 1 aliphatic rings. The maximum atomic E-state index is 12.3. The molecule has 0 radical (unpaired) electrons. The van der Waals surface area contributed by atoms with Crippen molar-refractivity contribution in [3.8, 4) is 0 Å². The summed E-state index contributed by atoms with van der Waals surface area (Å²) in [7, 11) is 0. The van der Waals surface area contributed by atoms with Gasteiger partial charge >= 0.3 is 5.97 Å². The molecule has 3 nitrogen and oxygen atoms in total. The third kappa shape index (κ3) is 2.60. The van der Waals surface area contributed by atoms with E-state index in [9.17, 15) is 4.79 Å². The van der Waals surface area contributed by atoms with E-state index < -0.39 is 0 Å². The van der Waals surface area contributed by atoms with Crippen LogP contribution in [-0.4, -0.2) is 17.1 Å². The van der Waals surface area contributed by atoms with Crippen molar-refractivity contribution in [2.75, 3.05) is 0 Å². The molecule has 0 amide bonds. The quantitative estimate of drug-likeness (QED) is 0.768. The molecule has 0 N–H and O–H groups in total. The first-order valence-electron chi connectivity index (χ1n) is 6.89. The molecular weight excluding hydrogens is 238 g/mol. The molecule has 3 heteroatoms. The predicted octanol–water partition coefficient (Wildman–Crippen LogP) is 3.72. The number of nitrogens with zero attached hydrogens (tertiary/aromatic N) is 1. The Kier molecular flexibility index (Phi) is 3.45. The lowest BCUT2D eigenvalue weighted by atomic mass is 9.98. The zero-order chi connectivity index (χ0) is 13.1. The van der Waals surface area contributed by atoms with E-state index in [1.807, 2.05) is 24.3 Å². The van der Waals surface area contributed by atoms with Crippen molar-refractivity contribution in [2.24, 2.45) is 0 Å². The summed E-state index contributed by atoms with van der Waals surface area (Å²) in [4.78, 5) is 16.5. The molecular formula is C16H17NO2. The highest BCUT2D eigenvalue weighted by molar-refractivity contribution is 6.03. The van der Waals surface area contributed by atoms with E-state index in [0.717, 1.165) is 36.6 Å². The van der Waals surface area contributed by atoms with Crippen LogP contribution in [0.4, 0.5) is 0 Å². The zero-order valence-electron chi connectivity index (χ0n) is 10.8. The molecule has 1 fully saturated rings. The number of rotatable bonds is 2. The normalized spacial score (nSPS) is 16.4. The van der Waals surface area contributed by atoms with Gasteiger partial charge in [-0.2, -0.15) is 0 Å². The Hall–Kier alpha value is -1.90. The number of esters is 1. The fraction of sp³-hybridized carbons (Fsp3) is 0.375. The third-order valence-electron chi connectivity index (χ3n) is 3.69. The lowest BCUT2D eigenvalue weighted by Gasteiger charge is -2.22. The van der Waals surface area contributed by atoms with E-state index in [1.54, 1.807) is 12.3 Å². The molecule has 0 spiro atoms. The second-order valence-electron chi connectivity index (χ2n) is 5.04. The van der Waals surface area contributed by atoms with Crippen molar-refractivity contribution >= 4 is 16.9 Å². The minimum absolute atomic E-state index is 0.0909. The second-order valence-corrected chi connectivity index (χ2v) is 5.04. The highest BCUT2D eigenvalue weighted by Crippen LogP contribution is 2.23. The highest BCUT2D eigenvalue weighted by atomic mass is 16.5. The number of para-hydroxylation sites is 1. The fourth-order valence-electron chi connectivity index (χ4n) is 2.67. The molecule has 98 valence electrons. The number of ether oxygens (including phenoxy) is 1. The molecule has 2 aromatic rings. The van der Waals surface area contributed by atoms with Gasteiger partial charge < -0.3 is 4.74 Å². The number of hydrogen-bond acceptors (Lipinski definition) is 3. The largest absolute Gasteiger partial charge is 0.459 e. The van der Waals surface area contributed by atoms with Gasteiger partial charge in [-0.3, -0.25) is 4.98 Å². The first-order valence-corrected chi connectivity index (χ1v) is 6.89. The topological polar surface area (TPSA) is 39.2 Å². The van der Waals surface area contributed by atoms with Crippen LogP contribution in [0, 0.1) is 0 Å². The van der Waals surface area contributed by atoms with Gasteiger partial charge in [-0.1, -0.05) is 24.6 Å². The van der Waals surface area contributed by atoms with E-state index in [2.05, 4.69) is 4.98 Å². The van der Waals surface area contributed by atoms with Crippen LogP contribution in [0.1, 0.15) is 42.5 Å². The van der Waals surface area contributed by atoms with Gasteiger partial charge in [0.05, 0.1) is 11.1 Å². The number of carbonyl (C=O) groups is 1. The van der Waals surface area contributed by atoms with Gasteiger partial charge in [-0.25, -0.2) is 4.79 Å². The molecule has 0 aliphatic heterocycles. The van der Waals surface area contributed by atoms with Crippen LogP contribution >= 0.6 is 0 Å². The summed E-state index contributed by atoms with van der Waals surface area (Å²) in [5.74, 6) is -0.217. The van der Waals surface area contributed by atoms with E-state index >= 15 is 0 Å². The summed E-state index contributed by atoms with van der Waals surface area (Å²) in [6, 6.07) is 9.41. The molecule has 0 saturated heterocycles. The van der Waals surface area contributed by atoms with E-state index in [4.69, 9.17) is 4.74 Å². The molecule has 0 bridgehead atoms. The number of fused-ring (bicyclic) bond motifs is 1. The maximum absolute atomic E-state index is 12.3. The number of aromatic nitrogens is 1. The first-order chi connectivity index (χ1) is 9.34. The Labute approximate surface area is 112 Å². The van der Waals surface area contributed by atoms with Crippen LogP contribution in [0.5, 0.6) is 0 Å². The van der Waals surface area contributed by atoms with Crippen molar-refractivity contribution in [2.45, 2.75) is 38.2 Å². The summed E-state index contributed by atoms with van der Waals surface area (Å²) >= 11 is 0. The van der Waals surface area contributed by atoms with Gasteiger partial charge in [-0.05, 0) is 37.8 Å². The van der Waals surface area contributed by atoms with Crippen molar-refractivity contribution in [1.29, 1.82) is 0 Å². The molecule has 1 saturated carbocycles. The highest BCUT2D eigenvalue weighted by Gasteiger charge is 2.20. The minimum Gasteiger partial charge on any atom is -0.459 e. The first kappa shape index (κ1) is 12.2. The van der Waals surface area contributed by atoms with Gasteiger partial charge in [0.2, 0.25) is 0 Å². The summed E-state index contributed by atoms with van der Waals surface area (Å²) in [6.45, 7) is 0. The zero-order valence-corrected chi connectivity index (χ0v) is 10.8. The molecule has 1 heterocycles. The van der Waals surface area contributed by atoms with E-state index in [1.165, 1.54) is 6.42 Å². The molecule has 1 aromatic carbocycles. The predicted molar refractivity (Wildman–Crippen MR) is 74.0 cm³/mol. The van der Waals surface area contributed by atoms with Crippen LogP contribution < -0.4 is 0 Å². The second kappa shape index (κ2) is 5.39. The monoisotopic (exact) mass is 255 g/mol. The van der Waals surface area contributed by atoms with Crippen LogP contribution in [-0.2, 0) is 4.74 Å². The average Bonchev–Trinajstić information content (AvgIpc) is 2.47. The van der Waals surface area contributed by atoms with E-state index in [-0.39, 0.29) is 12.1 Å². The molecule has 0 atom stereocenters. The Balaban J connectivity index is 1.85. The Bertz CT molecular complexity index is 583. The number of carbonyl (C=O) groups excluding carboxylic acids is 1. The Morgan fingerprint density at radius 3 is 2.74 bits per heavy atom. The van der Waals surface area contributed by atoms with Crippen LogP contribution in [0.15, 0.2) is 36.5 Å². The van der Waals surface area contributed by atoms with Crippen molar-refractivity contribution in [3.05, 3.63) is 42.1 Å². The van der Waals surface area contributed by atoms with E-state index in [0.29, 0.717) is 5.56 Å². The smallest absolute Gasteiger partial charge is 0.339 e. The molecule has 1 aromatic heterocycles. The lowest BCUT2D eigenvalue weighted by Crippen LogP contribution is -2.21. The summed E-state index contributed by atoms with van der Waals surface area (Å²) < 4.78 is 5.62. The van der Waals surface area contributed by atoms with Gasteiger partial charge in [0.1, 0.15) is 6.10 Å². The van der Waals surface area contributed by atoms with Gasteiger partial charge in [0, 0.05) is 11.6 Å². The molecule has 0 unspecified atom stereocenters. The Morgan fingerprint density at radius 2 is 1.89 bits per heavy atom. The van der Waals surface area contributed by atoms with Crippen LogP contribution in [0.2, 0.25) is 0 Å². The summed E-state index contributed by atoms with van der Waals surface area (Å²) in [5, 5.41) is 0.866. The van der Waals surface area contributed by atoms with Crippen molar-refractivity contribution in [1.82, 2.24) is 4.98 Å². The number of benzene rings is 1. The van der Waals surface area contributed by atoms with Crippen LogP contribution in [0.3, 0.4) is 0 Å². The minimum atomic E-state index is -0.217. The van der Waals surface area contributed by atoms with Gasteiger partial charge in [0.15, 0.2) is 0 Å². The summed E-state index contributed by atoms with van der Waals surface area (Å²) in [6.07, 6.45) is 7.33. The number of hydrogen-bond donors (Lipinski definition) is 0. The molecule has 1 aliphatic carbocycles. The maximum Gasteiger partial charge on any atom is 0.339 e. The number of pyridine rings is 1. The SMILES string of the molecule is O=C(OC1CCCCC1)c1ccnc2ccccc12. The average molecular weight is 255 g/mol. The lowest BCUT2D eigenvalue weighted by molar-refractivity contribution is 0.0213. The van der Waals surface area contributed by atoms with Crippen LogP contribution in [0.25, 0.3) is 10.9 Å². The van der Waals surface area contributed by atoms with Gasteiger partial charge in [-0.15, -0.1) is 0 Å². The molecule has 19 heavy (non-hydrogen) atoms. The van der Waals surface area contributed by atoms with Crippen molar-refractivity contribution in [3.63, 3.8) is 0 Å². The Morgan fingerprint density at radius 1 is 1.11 bits per heavy atom. The van der Waals surface area contributed by atoms with Gasteiger partial charge in [0.25, 0.3) is 0 Å². The summed E-state index contributed by atoms with van der Waals surface area (Å²) in [5.41, 5.74) is 1.46. The fourth-order valence-corrected chi connectivity index (χ4v) is 2.67.